The summed E-state index contributed by atoms with van der Waals surface area (Å²) in [5, 5.41) is 16.9. The molecule has 0 aliphatic carbocycles. The maximum atomic E-state index is 5.34. The molecule has 5 rings (SSSR count). The lowest BCUT2D eigenvalue weighted by Gasteiger charge is -2.19. The SMILES string of the molecule is COc1ccc([C@H](CNc2nnnn2-c2ccccc2)c2c[nH]c3ccccc23)cc1. The van der Waals surface area contributed by atoms with Gasteiger partial charge in [0.1, 0.15) is 5.75 Å². The number of hydrogen-bond donors (Lipinski definition) is 2. The second kappa shape index (κ2) is 8.31. The first-order chi connectivity index (χ1) is 15.3. The van der Waals surface area contributed by atoms with E-state index in [-0.39, 0.29) is 5.92 Å². The summed E-state index contributed by atoms with van der Waals surface area (Å²) in [6, 6.07) is 26.4. The van der Waals surface area contributed by atoms with Crippen LogP contribution in [-0.2, 0) is 0 Å². The Hall–Kier alpha value is -4.13. The predicted octanol–water partition coefficient (Wildman–Crippen LogP) is 4.40. The Morgan fingerprint density at radius 2 is 1.74 bits per heavy atom. The molecule has 0 aliphatic rings. The van der Waals surface area contributed by atoms with Crippen LogP contribution in [0.3, 0.4) is 0 Å². The lowest BCUT2D eigenvalue weighted by Crippen LogP contribution is -2.16. The van der Waals surface area contributed by atoms with E-state index >= 15 is 0 Å². The van der Waals surface area contributed by atoms with Crippen LogP contribution in [0.25, 0.3) is 16.6 Å². The molecule has 0 fully saturated rings. The lowest BCUT2D eigenvalue weighted by atomic mass is 9.91. The third-order valence-corrected chi connectivity index (χ3v) is 5.45. The molecule has 154 valence electrons. The van der Waals surface area contributed by atoms with Crippen LogP contribution < -0.4 is 10.1 Å². The summed E-state index contributed by atoms with van der Waals surface area (Å²) >= 11 is 0. The Balaban J connectivity index is 1.49. The van der Waals surface area contributed by atoms with Crippen molar-refractivity contribution in [1.29, 1.82) is 0 Å². The second-order valence-electron chi connectivity index (χ2n) is 7.25. The number of H-pyrrole nitrogens is 1. The minimum absolute atomic E-state index is 0.0861. The van der Waals surface area contributed by atoms with Crippen molar-refractivity contribution in [3.8, 4) is 11.4 Å². The van der Waals surface area contributed by atoms with Gasteiger partial charge in [0.15, 0.2) is 0 Å². The van der Waals surface area contributed by atoms with Crippen molar-refractivity contribution in [2.75, 3.05) is 19.0 Å². The molecule has 7 heteroatoms. The van der Waals surface area contributed by atoms with Gasteiger partial charge in [-0.15, -0.1) is 0 Å². The van der Waals surface area contributed by atoms with Crippen LogP contribution in [0.15, 0.2) is 85.1 Å². The highest BCUT2D eigenvalue weighted by atomic mass is 16.5. The van der Waals surface area contributed by atoms with E-state index < -0.39 is 0 Å². The molecule has 5 aromatic rings. The van der Waals surface area contributed by atoms with Gasteiger partial charge in [-0.1, -0.05) is 53.6 Å². The molecule has 2 aromatic heterocycles. The minimum Gasteiger partial charge on any atom is -0.497 e. The zero-order valence-corrected chi connectivity index (χ0v) is 17.1. The molecule has 0 bridgehead atoms. The average Bonchev–Trinajstić information content (AvgIpc) is 3.48. The lowest BCUT2D eigenvalue weighted by molar-refractivity contribution is 0.414. The standard InChI is InChI=1S/C24H22N6O/c1-31-19-13-11-17(12-14-19)21(22-16-25-23-10-6-5-9-20(22)23)15-26-24-27-28-29-30(24)18-7-3-2-4-8-18/h2-14,16,21,25H,15H2,1H3,(H,26,27,29)/t21-/m0/s1. The van der Waals surface area contributed by atoms with E-state index in [0.717, 1.165) is 17.0 Å². The number of tetrazole rings is 1. The Morgan fingerprint density at radius 3 is 2.55 bits per heavy atom. The maximum Gasteiger partial charge on any atom is 0.247 e. The molecule has 0 aliphatic heterocycles. The topological polar surface area (TPSA) is 80.7 Å². The molecule has 0 amide bonds. The number of methoxy groups -OCH3 is 1. The van der Waals surface area contributed by atoms with Crippen molar-refractivity contribution in [3.63, 3.8) is 0 Å². The molecule has 3 aromatic carbocycles. The van der Waals surface area contributed by atoms with E-state index in [2.05, 4.69) is 62.4 Å². The zero-order valence-electron chi connectivity index (χ0n) is 17.1. The summed E-state index contributed by atoms with van der Waals surface area (Å²) in [5.41, 5.74) is 4.41. The largest absolute Gasteiger partial charge is 0.497 e. The highest BCUT2D eigenvalue weighted by Crippen LogP contribution is 2.32. The number of aromatic nitrogens is 5. The van der Waals surface area contributed by atoms with Crippen molar-refractivity contribution in [1.82, 2.24) is 25.2 Å². The molecule has 2 N–H and O–H groups in total. The fourth-order valence-electron chi connectivity index (χ4n) is 3.86. The van der Waals surface area contributed by atoms with Gasteiger partial charge in [-0.25, -0.2) is 0 Å². The number of para-hydroxylation sites is 2. The molecular formula is C24H22N6O. The minimum atomic E-state index is 0.0861. The number of nitrogens with zero attached hydrogens (tertiary/aromatic N) is 4. The molecule has 0 spiro atoms. The van der Waals surface area contributed by atoms with Crippen LogP contribution in [-0.4, -0.2) is 38.8 Å². The summed E-state index contributed by atoms with van der Waals surface area (Å²) in [6.45, 7) is 0.626. The number of anilines is 1. The van der Waals surface area contributed by atoms with E-state index in [9.17, 15) is 0 Å². The Morgan fingerprint density at radius 1 is 0.968 bits per heavy atom. The molecular weight excluding hydrogens is 388 g/mol. The smallest absolute Gasteiger partial charge is 0.247 e. The summed E-state index contributed by atoms with van der Waals surface area (Å²) in [5.74, 6) is 1.52. The summed E-state index contributed by atoms with van der Waals surface area (Å²) in [6.07, 6.45) is 2.08. The van der Waals surface area contributed by atoms with Crippen molar-refractivity contribution in [2.24, 2.45) is 0 Å². The Bertz CT molecular complexity index is 1280. The van der Waals surface area contributed by atoms with Crippen LogP contribution in [0.5, 0.6) is 5.75 Å². The normalized spacial score (nSPS) is 12.0. The highest BCUT2D eigenvalue weighted by Gasteiger charge is 2.20. The third kappa shape index (κ3) is 3.73. The molecule has 0 unspecified atom stereocenters. The number of ether oxygens (including phenoxy) is 1. The van der Waals surface area contributed by atoms with Crippen molar-refractivity contribution in [3.05, 3.63) is 96.2 Å². The first kappa shape index (κ1) is 18.9. The number of nitrogens with one attached hydrogen (secondary N) is 2. The average molecular weight is 410 g/mol. The first-order valence-corrected chi connectivity index (χ1v) is 10.1. The monoisotopic (exact) mass is 410 g/mol. The molecule has 1 atom stereocenters. The van der Waals surface area contributed by atoms with Crippen LogP contribution in [0.4, 0.5) is 5.95 Å². The predicted molar refractivity (Wildman–Crippen MR) is 121 cm³/mol. The fourth-order valence-corrected chi connectivity index (χ4v) is 3.86. The van der Waals surface area contributed by atoms with Gasteiger partial charge in [-0.3, -0.25) is 0 Å². The van der Waals surface area contributed by atoms with E-state index in [0.29, 0.717) is 12.5 Å². The van der Waals surface area contributed by atoms with Crippen LogP contribution in [0.2, 0.25) is 0 Å². The summed E-state index contributed by atoms with van der Waals surface area (Å²) in [7, 11) is 1.68. The van der Waals surface area contributed by atoms with Crippen LogP contribution in [0, 0.1) is 0 Å². The van der Waals surface area contributed by atoms with E-state index in [1.807, 2.05) is 48.5 Å². The molecule has 0 radical (unpaired) electrons. The van der Waals surface area contributed by atoms with Gasteiger partial charge in [-0.2, -0.15) is 4.68 Å². The zero-order chi connectivity index (χ0) is 21.0. The van der Waals surface area contributed by atoms with Crippen LogP contribution >= 0.6 is 0 Å². The van der Waals surface area contributed by atoms with Gasteiger partial charge in [0.05, 0.1) is 12.8 Å². The van der Waals surface area contributed by atoms with Gasteiger partial charge >= 0.3 is 0 Å². The molecule has 0 saturated heterocycles. The third-order valence-electron chi connectivity index (χ3n) is 5.45. The Labute approximate surface area is 179 Å². The van der Waals surface area contributed by atoms with Gasteiger partial charge in [0, 0.05) is 29.6 Å². The number of benzene rings is 3. The number of hydrogen-bond acceptors (Lipinski definition) is 5. The van der Waals surface area contributed by atoms with Crippen LogP contribution in [0.1, 0.15) is 17.0 Å². The van der Waals surface area contributed by atoms with Gasteiger partial charge in [-0.05, 0) is 51.9 Å². The van der Waals surface area contributed by atoms with Gasteiger partial charge in [0.25, 0.3) is 0 Å². The number of fused-ring (bicyclic) bond motifs is 1. The molecule has 0 saturated carbocycles. The fraction of sp³-hybridized carbons (Fsp3) is 0.125. The molecule has 2 heterocycles. The summed E-state index contributed by atoms with van der Waals surface area (Å²) < 4.78 is 7.05. The van der Waals surface area contributed by atoms with E-state index in [4.69, 9.17) is 4.74 Å². The van der Waals surface area contributed by atoms with Crippen molar-refractivity contribution >= 4 is 16.9 Å². The van der Waals surface area contributed by atoms with E-state index in [1.165, 1.54) is 16.5 Å². The molecule has 31 heavy (non-hydrogen) atoms. The highest BCUT2D eigenvalue weighted by molar-refractivity contribution is 5.84. The van der Waals surface area contributed by atoms with Gasteiger partial charge < -0.3 is 15.0 Å². The van der Waals surface area contributed by atoms with E-state index in [1.54, 1.807) is 11.8 Å². The van der Waals surface area contributed by atoms with Gasteiger partial charge in [0.2, 0.25) is 5.95 Å². The number of rotatable bonds is 7. The second-order valence-corrected chi connectivity index (χ2v) is 7.25. The maximum absolute atomic E-state index is 5.34. The first-order valence-electron chi connectivity index (χ1n) is 10.1. The quantitative estimate of drug-likeness (QED) is 0.416. The molecule has 7 nitrogen and oxygen atoms in total. The van der Waals surface area contributed by atoms with Crippen molar-refractivity contribution < 1.29 is 4.74 Å². The Kier molecular flexibility index (Phi) is 5.06. The number of aromatic amines is 1. The summed E-state index contributed by atoms with van der Waals surface area (Å²) in [4.78, 5) is 3.39. The van der Waals surface area contributed by atoms with Crippen molar-refractivity contribution in [2.45, 2.75) is 5.92 Å².